The maximum atomic E-state index is 13.8. The van der Waals surface area contributed by atoms with Crippen molar-refractivity contribution in [2.75, 3.05) is 0 Å². The predicted molar refractivity (Wildman–Crippen MR) is 116 cm³/mol. The number of carbonyl (C=O) groups excluding carboxylic acids is 1. The molecule has 158 valence electrons. The Morgan fingerprint density at radius 1 is 1.17 bits per heavy atom. The van der Waals surface area contributed by atoms with Gasteiger partial charge in [0.1, 0.15) is 23.1 Å². The quantitative estimate of drug-likeness (QED) is 0.563. The van der Waals surface area contributed by atoms with E-state index in [4.69, 9.17) is 16.3 Å². The highest BCUT2D eigenvalue weighted by Gasteiger charge is 2.61. The molecule has 2 aromatic rings. The first kappa shape index (κ1) is 20.9. The van der Waals surface area contributed by atoms with Crippen LogP contribution in [0, 0.1) is 22.6 Å². The average Bonchev–Trinajstić information content (AvgIpc) is 2.88. The van der Waals surface area contributed by atoms with Gasteiger partial charge in [0, 0.05) is 17.4 Å². The highest BCUT2D eigenvalue weighted by Crippen LogP contribution is 2.64. The Hall–Kier alpha value is -2.33. The molecular formula is C25H26ClFO3. The SMILES string of the molecule is CCc1ccc(Oc2ccc(Cl)c(F)c2)cc1C1=C(O)[C@@]2(C)CC[C@@H](C1=O)C2(C)C. The van der Waals surface area contributed by atoms with Crippen molar-refractivity contribution in [2.24, 2.45) is 16.7 Å². The third-order valence-corrected chi connectivity index (χ3v) is 7.71. The summed E-state index contributed by atoms with van der Waals surface area (Å²) in [5, 5.41) is 11.3. The molecule has 2 aliphatic carbocycles. The molecule has 0 radical (unpaired) electrons. The Morgan fingerprint density at radius 3 is 2.50 bits per heavy atom. The zero-order valence-electron chi connectivity index (χ0n) is 17.7. The van der Waals surface area contributed by atoms with E-state index in [1.165, 1.54) is 12.1 Å². The fourth-order valence-electron chi connectivity index (χ4n) is 5.05. The van der Waals surface area contributed by atoms with Crippen molar-refractivity contribution < 1.29 is 19.0 Å². The minimum atomic E-state index is -0.561. The number of aliphatic hydroxyl groups is 1. The van der Waals surface area contributed by atoms with E-state index in [1.54, 1.807) is 18.2 Å². The second-order valence-electron chi connectivity index (χ2n) is 9.08. The van der Waals surface area contributed by atoms with Crippen LogP contribution in [0.15, 0.2) is 42.2 Å². The standard InChI is InChI=1S/C25H26ClFO3/c1-5-14-6-7-15(30-16-8-9-19(26)20(27)13-16)12-17(14)21-22(28)18-10-11-25(4,23(21)29)24(18,2)3/h6-9,12-13,18,29H,5,10-11H2,1-4H3/t18-,25+/m0/s1. The molecule has 0 spiro atoms. The van der Waals surface area contributed by atoms with Gasteiger partial charge >= 0.3 is 0 Å². The molecule has 0 heterocycles. The molecule has 0 amide bonds. The molecule has 4 rings (SSSR count). The number of ketones is 1. The van der Waals surface area contributed by atoms with Gasteiger partial charge in [-0.1, -0.05) is 45.4 Å². The number of fused-ring (bicyclic) bond motifs is 2. The van der Waals surface area contributed by atoms with E-state index in [1.807, 2.05) is 13.0 Å². The smallest absolute Gasteiger partial charge is 0.170 e. The summed E-state index contributed by atoms with van der Waals surface area (Å²) in [5.74, 6) is 0.280. The third-order valence-electron chi connectivity index (χ3n) is 7.41. The van der Waals surface area contributed by atoms with Crippen LogP contribution in [0.4, 0.5) is 4.39 Å². The molecule has 2 aromatic carbocycles. The lowest BCUT2D eigenvalue weighted by atomic mass is 9.58. The second-order valence-corrected chi connectivity index (χ2v) is 9.49. The van der Waals surface area contributed by atoms with Crippen molar-refractivity contribution in [3.63, 3.8) is 0 Å². The van der Waals surface area contributed by atoms with Gasteiger partial charge in [-0.05, 0) is 60.1 Å². The van der Waals surface area contributed by atoms with Gasteiger partial charge in [0.25, 0.3) is 0 Å². The molecular weight excluding hydrogens is 403 g/mol. The molecule has 0 saturated heterocycles. The number of benzene rings is 2. The van der Waals surface area contributed by atoms with Crippen LogP contribution >= 0.6 is 11.6 Å². The molecule has 0 aromatic heterocycles. The summed E-state index contributed by atoms with van der Waals surface area (Å²) in [6, 6.07) is 9.71. The first-order valence-electron chi connectivity index (χ1n) is 10.3. The number of allylic oxidation sites excluding steroid dienone is 2. The maximum Gasteiger partial charge on any atom is 0.170 e. The highest BCUT2D eigenvalue weighted by molar-refractivity contribution is 6.30. The topological polar surface area (TPSA) is 46.5 Å². The fraction of sp³-hybridized carbons (Fsp3) is 0.400. The summed E-state index contributed by atoms with van der Waals surface area (Å²) in [6.45, 7) is 8.21. The first-order valence-corrected chi connectivity index (χ1v) is 10.7. The third kappa shape index (κ3) is 2.96. The van der Waals surface area contributed by atoms with Crippen molar-refractivity contribution in [1.29, 1.82) is 0 Å². The van der Waals surface area contributed by atoms with Gasteiger partial charge in [0.2, 0.25) is 0 Å². The van der Waals surface area contributed by atoms with Crippen molar-refractivity contribution in [3.8, 4) is 11.5 Å². The lowest BCUT2D eigenvalue weighted by molar-refractivity contribution is -0.122. The second kappa shape index (κ2) is 7.12. The number of carbonyl (C=O) groups is 1. The maximum absolute atomic E-state index is 13.8. The number of rotatable bonds is 4. The molecule has 1 N–H and O–H groups in total. The number of aliphatic hydroxyl groups excluding tert-OH is 1. The highest BCUT2D eigenvalue weighted by atomic mass is 35.5. The molecule has 3 nitrogen and oxygen atoms in total. The Balaban J connectivity index is 1.81. The molecule has 0 aliphatic heterocycles. The Bertz CT molecular complexity index is 1070. The number of aryl methyl sites for hydroxylation is 1. The van der Waals surface area contributed by atoms with E-state index >= 15 is 0 Å². The Morgan fingerprint density at radius 2 is 1.83 bits per heavy atom. The van der Waals surface area contributed by atoms with Crippen LogP contribution in [0.3, 0.4) is 0 Å². The van der Waals surface area contributed by atoms with Crippen molar-refractivity contribution in [3.05, 3.63) is 64.1 Å². The molecule has 1 fully saturated rings. The first-order chi connectivity index (χ1) is 14.1. The minimum absolute atomic E-state index is 0.00291. The summed E-state index contributed by atoms with van der Waals surface area (Å²) in [7, 11) is 0. The van der Waals surface area contributed by atoms with Gasteiger partial charge in [-0.3, -0.25) is 4.79 Å². The van der Waals surface area contributed by atoms with Crippen molar-refractivity contribution in [2.45, 2.75) is 47.0 Å². The van der Waals surface area contributed by atoms with Crippen LogP contribution in [0.5, 0.6) is 11.5 Å². The molecule has 2 aliphatic rings. The number of halogens is 2. The summed E-state index contributed by atoms with van der Waals surface area (Å²) in [4.78, 5) is 13.4. The van der Waals surface area contributed by atoms with Gasteiger partial charge < -0.3 is 9.84 Å². The lowest BCUT2D eigenvalue weighted by Gasteiger charge is -2.45. The summed E-state index contributed by atoms with van der Waals surface area (Å²) >= 11 is 5.75. The zero-order chi connectivity index (χ0) is 21.8. The normalized spacial score (nSPS) is 25.0. The van der Waals surface area contributed by atoms with Gasteiger partial charge in [0.05, 0.1) is 10.6 Å². The van der Waals surface area contributed by atoms with Crippen LogP contribution in [-0.4, -0.2) is 10.9 Å². The van der Waals surface area contributed by atoms with Crippen LogP contribution in [0.1, 0.15) is 51.7 Å². The van der Waals surface area contributed by atoms with E-state index < -0.39 is 11.2 Å². The van der Waals surface area contributed by atoms with Crippen LogP contribution < -0.4 is 4.74 Å². The van der Waals surface area contributed by atoms with E-state index in [0.29, 0.717) is 29.1 Å². The van der Waals surface area contributed by atoms with Crippen LogP contribution in [0.2, 0.25) is 5.02 Å². The van der Waals surface area contributed by atoms with E-state index in [9.17, 15) is 14.3 Å². The average molecular weight is 429 g/mol. The predicted octanol–water partition coefficient (Wildman–Crippen LogP) is 7.13. The number of hydrogen-bond donors (Lipinski definition) is 1. The van der Waals surface area contributed by atoms with Gasteiger partial charge in [0.15, 0.2) is 5.78 Å². The molecule has 2 bridgehead atoms. The minimum Gasteiger partial charge on any atom is -0.511 e. The molecule has 5 heteroatoms. The van der Waals surface area contributed by atoms with Gasteiger partial charge in [-0.25, -0.2) is 4.39 Å². The van der Waals surface area contributed by atoms with Crippen LogP contribution in [-0.2, 0) is 11.2 Å². The van der Waals surface area contributed by atoms with E-state index in [0.717, 1.165) is 18.4 Å². The lowest BCUT2D eigenvalue weighted by Crippen LogP contribution is -2.43. The summed E-state index contributed by atoms with van der Waals surface area (Å²) < 4.78 is 19.6. The zero-order valence-corrected chi connectivity index (χ0v) is 18.4. The fourth-order valence-corrected chi connectivity index (χ4v) is 5.16. The van der Waals surface area contributed by atoms with Gasteiger partial charge in [-0.2, -0.15) is 0 Å². The van der Waals surface area contributed by atoms with E-state index in [2.05, 4.69) is 20.8 Å². The molecule has 30 heavy (non-hydrogen) atoms. The Kier molecular flexibility index (Phi) is 4.97. The summed E-state index contributed by atoms with van der Waals surface area (Å²) in [5.41, 5.74) is 1.33. The Labute approximate surface area is 181 Å². The number of ether oxygens (including phenoxy) is 1. The monoisotopic (exact) mass is 428 g/mol. The molecule has 0 unspecified atom stereocenters. The van der Waals surface area contributed by atoms with E-state index in [-0.39, 0.29) is 27.9 Å². The van der Waals surface area contributed by atoms with Crippen LogP contribution in [0.25, 0.3) is 5.57 Å². The molecule has 2 atom stereocenters. The number of Topliss-reactive ketones (excluding diaryl/α,β-unsaturated/α-hetero) is 1. The molecule has 1 saturated carbocycles. The number of hydrogen-bond acceptors (Lipinski definition) is 3. The van der Waals surface area contributed by atoms with Crippen molar-refractivity contribution >= 4 is 23.0 Å². The van der Waals surface area contributed by atoms with Gasteiger partial charge in [-0.15, -0.1) is 0 Å². The summed E-state index contributed by atoms with van der Waals surface area (Å²) in [6.07, 6.45) is 2.27. The largest absolute Gasteiger partial charge is 0.511 e. The van der Waals surface area contributed by atoms with Crippen molar-refractivity contribution in [1.82, 2.24) is 0 Å².